The zero-order chi connectivity index (χ0) is 10.8. The van der Waals surface area contributed by atoms with Gasteiger partial charge in [0.05, 0.1) is 6.26 Å². The van der Waals surface area contributed by atoms with Gasteiger partial charge in [-0.15, -0.1) is 0 Å². The zero-order valence-electron chi connectivity index (χ0n) is 8.97. The highest BCUT2D eigenvalue weighted by molar-refractivity contribution is 5.56. The second-order valence-corrected chi connectivity index (χ2v) is 3.76. The SMILES string of the molecule is CC(C)n1cc(CN)c(-c2ccco2)n1. The smallest absolute Gasteiger partial charge is 0.154 e. The molecule has 0 radical (unpaired) electrons. The standard InChI is InChI=1S/C11H15N3O/c1-8(2)14-7-9(6-12)11(13-14)10-4-3-5-15-10/h3-5,7-8H,6,12H2,1-2H3. The lowest BCUT2D eigenvalue weighted by molar-refractivity contribution is 0.527. The van der Waals surface area contributed by atoms with E-state index in [1.807, 2.05) is 23.0 Å². The molecular weight excluding hydrogens is 190 g/mol. The van der Waals surface area contributed by atoms with Crippen LogP contribution in [0, 0.1) is 0 Å². The molecule has 2 N–H and O–H groups in total. The summed E-state index contributed by atoms with van der Waals surface area (Å²) < 4.78 is 7.23. The average molecular weight is 205 g/mol. The van der Waals surface area contributed by atoms with Crippen LogP contribution in [-0.4, -0.2) is 9.78 Å². The Labute approximate surface area is 88.7 Å². The molecule has 0 unspecified atom stereocenters. The largest absolute Gasteiger partial charge is 0.463 e. The quantitative estimate of drug-likeness (QED) is 0.835. The summed E-state index contributed by atoms with van der Waals surface area (Å²) in [7, 11) is 0. The van der Waals surface area contributed by atoms with E-state index in [1.165, 1.54) is 0 Å². The molecular formula is C11H15N3O. The molecule has 2 aromatic heterocycles. The van der Waals surface area contributed by atoms with Gasteiger partial charge >= 0.3 is 0 Å². The minimum Gasteiger partial charge on any atom is -0.463 e. The van der Waals surface area contributed by atoms with Crippen LogP contribution in [0.25, 0.3) is 11.5 Å². The van der Waals surface area contributed by atoms with Crippen molar-refractivity contribution in [2.45, 2.75) is 26.4 Å². The van der Waals surface area contributed by atoms with Crippen molar-refractivity contribution in [2.75, 3.05) is 0 Å². The summed E-state index contributed by atoms with van der Waals surface area (Å²) in [6.07, 6.45) is 3.62. The normalized spacial score (nSPS) is 11.2. The Hall–Kier alpha value is -1.55. The molecule has 0 fully saturated rings. The lowest BCUT2D eigenvalue weighted by atomic mass is 10.2. The number of hydrogen-bond donors (Lipinski definition) is 1. The minimum absolute atomic E-state index is 0.332. The van der Waals surface area contributed by atoms with Crippen LogP contribution in [0.5, 0.6) is 0 Å². The fraction of sp³-hybridized carbons (Fsp3) is 0.364. The molecule has 15 heavy (non-hydrogen) atoms. The molecule has 4 nitrogen and oxygen atoms in total. The predicted molar refractivity (Wildman–Crippen MR) is 58.2 cm³/mol. The van der Waals surface area contributed by atoms with Crippen LogP contribution in [0.3, 0.4) is 0 Å². The van der Waals surface area contributed by atoms with Gasteiger partial charge in [-0.3, -0.25) is 4.68 Å². The topological polar surface area (TPSA) is 57.0 Å². The first-order valence-corrected chi connectivity index (χ1v) is 5.04. The van der Waals surface area contributed by atoms with Gasteiger partial charge in [-0.25, -0.2) is 0 Å². The third kappa shape index (κ3) is 1.80. The Morgan fingerprint density at radius 2 is 2.33 bits per heavy atom. The molecule has 0 aliphatic rings. The average Bonchev–Trinajstić information content (AvgIpc) is 2.86. The molecule has 0 aliphatic heterocycles. The molecule has 2 heterocycles. The molecule has 80 valence electrons. The second-order valence-electron chi connectivity index (χ2n) is 3.76. The monoisotopic (exact) mass is 205 g/mol. The number of nitrogens with two attached hydrogens (primary N) is 1. The van der Waals surface area contributed by atoms with Crippen molar-refractivity contribution in [2.24, 2.45) is 5.73 Å². The summed E-state index contributed by atoms with van der Waals surface area (Å²) in [4.78, 5) is 0. The lowest BCUT2D eigenvalue weighted by Crippen LogP contribution is -2.00. The van der Waals surface area contributed by atoms with Gasteiger partial charge in [0.15, 0.2) is 5.76 Å². The number of furan rings is 1. The lowest BCUT2D eigenvalue weighted by Gasteiger charge is -2.02. The van der Waals surface area contributed by atoms with Crippen molar-refractivity contribution in [1.82, 2.24) is 9.78 Å². The Balaban J connectivity index is 2.46. The van der Waals surface area contributed by atoms with Gasteiger partial charge in [0.1, 0.15) is 5.69 Å². The van der Waals surface area contributed by atoms with E-state index in [-0.39, 0.29) is 0 Å². The third-order valence-corrected chi connectivity index (χ3v) is 2.31. The maximum atomic E-state index is 5.68. The molecule has 4 heteroatoms. The Kier molecular flexibility index (Phi) is 2.60. The predicted octanol–water partition coefficient (Wildman–Crippen LogP) is 2.18. The van der Waals surface area contributed by atoms with Crippen molar-refractivity contribution in [1.29, 1.82) is 0 Å². The molecule has 0 saturated heterocycles. The number of hydrogen-bond acceptors (Lipinski definition) is 3. The van der Waals surface area contributed by atoms with E-state index in [1.54, 1.807) is 6.26 Å². The van der Waals surface area contributed by atoms with Crippen molar-refractivity contribution in [3.63, 3.8) is 0 Å². The first kappa shape index (κ1) is 9.98. The summed E-state index contributed by atoms with van der Waals surface area (Å²) in [6, 6.07) is 4.08. The highest BCUT2D eigenvalue weighted by atomic mass is 16.3. The maximum absolute atomic E-state index is 5.68. The Bertz CT molecular complexity index is 429. The van der Waals surface area contributed by atoms with E-state index in [4.69, 9.17) is 10.2 Å². The second kappa shape index (κ2) is 3.90. The van der Waals surface area contributed by atoms with Gasteiger partial charge in [-0.05, 0) is 26.0 Å². The summed E-state index contributed by atoms with van der Waals surface area (Å²) >= 11 is 0. The van der Waals surface area contributed by atoms with E-state index < -0.39 is 0 Å². The van der Waals surface area contributed by atoms with Crippen LogP contribution < -0.4 is 5.73 Å². The van der Waals surface area contributed by atoms with Crippen LogP contribution in [-0.2, 0) is 6.54 Å². The van der Waals surface area contributed by atoms with Crippen molar-refractivity contribution >= 4 is 0 Å². The molecule has 0 atom stereocenters. The first-order chi connectivity index (χ1) is 7.22. The summed E-state index contributed by atoms with van der Waals surface area (Å²) in [5.41, 5.74) is 7.53. The summed E-state index contributed by atoms with van der Waals surface area (Å²) in [5, 5.41) is 4.47. The van der Waals surface area contributed by atoms with E-state index in [0.29, 0.717) is 12.6 Å². The highest BCUT2D eigenvalue weighted by Crippen LogP contribution is 2.23. The van der Waals surface area contributed by atoms with Crippen molar-refractivity contribution in [3.8, 4) is 11.5 Å². The van der Waals surface area contributed by atoms with Crippen LogP contribution in [0.4, 0.5) is 0 Å². The van der Waals surface area contributed by atoms with E-state index >= 15 is 0 Å². The minimum atomic E-state index is 0.332. The van der Waals surface area contributed by atoms with Gasteiger partial charge in [-0.1, -0.05) is 0 Å². The van der Waals surface area contributed by atoms with Crippen molar-refractivity contribution in [3.05, 3.63) is 30.2 Å². The van der Waals surface area contributed by atoms with Crippen molar-refractivity contribution < 1.29 is 4.42 Å². The zero-order valence-corrected chi connectivity index (χ0v) is 8.97. The van der Waals surface area contributed by atoms with E-state index in [0.717, 1.165) is 17.0 Å². The van der Waals surface area contributed by atoms with Gasteiger partial charge in [-0.2, -0.15) is 5.10 Å². The number of rotatable bonds is 3. The molecule has 0 spiro atoms. The molecule has 0 amide bonds. The molecule has 0 aromatic carbocycles. The molecule has 0 aliphatic carbocycles. The number of nitrogens with zero attached hydrogens (tertiary/aromatic N) is 2. The fourth-order valence-electron chi connectivity index (χ4n) is 1.46. The van der Waals surface area contributed by atoms with Gasteiger partial charge in [0.25, 0.3) is 0 Å². The molecule has 2 aromatic rings. The van der Waals surface area contributed by atoms with Crippen LogP contribution in [0.15, 0.2) is 29.0 Å². The molecule has 2 rings (SSSR count). The fourth-order valence-corrected chi connectivity index (χ4v) is 1.46. The number of aromatic nitrogens is 2. The van der Waals surface area contributed by atoms with Crippen LogP contribution in [0.1, 0.15) is 25.5 Å². The summed E-state index contributed by atoms with van der Waals surface area (Å²) in [5.74, 6) is 0.773. The van der Waals surface area contributed by atoms with Crippen LogP contribution in [0.2, 0.25) is 0 Å². The van der Waals surface area contributed by atoms with Gasteiger partial charge in [0, 0.05) is 24.3 Å². The van der Waals surface area contributed by atoms with Gasteiger partial charge in [0.2, 0.25) is 0 Å². The first-order valence-electron chi connectivity index (χ1n) is 5.04. The Morgan fingerprint density at radius 1 is 1.53 bits per heavy atom. The summed E-state index contributed by atoms with van der Waals surface area (Å²) in [6.45, 7) is 4.64. The third-order valence-electron chi connectivity index (χ3n) is 2.31. The Morgan fingerprint density at radius 3 is 2.87 bits per heavy atom. The van der Waals surface area contributed by atoms with E-state index in [2.05, 4.69) is 18.9 Å². The van der Waals surface area contributed by atoms with Gasteiger partial charge < -0.3 is 10.2 Å². The molecule has 0 bridgehead atoms. The maximum Gasteiger partial charge on any atom is 0.154 e. The molecule has 0 saturated carbocycles. The van der Waals surface area contributed by atoms with Crippen LogP contribution >= 0.6 is 0 Å². The van der Waals surface area contributed by atoms with E-state index in [9.17, 15) is 0 Å². The highest BCUT2D eigenvalue weighted by Gasteiger charge is 2.13.